The van der Waals surface area contributed by atoms with Gasteiger partial charge in [-0.1, -0.05) is 18.2 Å². The molecule has 4 nitrogen and oxygen atoms in total. The zero-order valence-corrected chi connectivity index (χ0v) is 10.6. The van der Waals surface area contributed by atoms with Crippen LogP contribution in [0.25, 0.3) is 12.2 Å². The molecule has 0 fully saturated rings. The van der Waals surface area contributed by atoms with E-state index in [1.54, 1.807) is 37.5 Å². The second kappa shape index (κ2) is 5.46. The van der Waals surface area contributed by atoms with E-state index >= 15 is 0 Å². The van der Waals surface area contributed by atoms with Crippen LogP contribution in [0.4, 0.5) is 0 Å². The Labute approximate surface area is 109 Å². The summed E-state index contributed by atoms with van der Waals surface area (Å²) in [5.41, 5.74) is 0.962. The highest BCUT2D eigenvalue weighted by molar-refractivity contribution is 7.14. The van der Waals surface area contributed by atoms with Crippen molar-refractivity contribution in [1.29, 1.82) is 0 Å². The quantitative estimate of drug-likeness (QED) is 0.890. The largest absolute Gasteiger partial charge is 0.508 e. The van der Waals surface area contributed by atoms with Crippen LogP contribution < -0.4 is 5.32 Å². The Balaban J connectivity index is 2.11. The van der Waals surface area contributed by atoms with E-state index in [2.05, 4.69) is 10.3 Å². The second-order valence-corrected chi connectivity index (χ2v) is 4.63. The van der Waals surface area contributed by atoms with Crippen LogP contribution >= 0.6 is 11.3 Å². The van der Waals surface area contributed by atoms with E-state index in [4.69, 9.17) is 5.11 Å². The number of amides is 1. The number of nitrogens with one attached hydrogen (secondary N) is 1. The van der Waals surface area contributed by atoms with Crippen molar-refractivity contribution in [3.63, 3.8) is 0 Å². The molecule has 1 aromatic heterocycles. The van der Waals surface area contributed by atoms with Crippen LogP contribution in [0, 0.1) is 0 Å². The molecule has 2 N–H and O–H groups in total. The number of nitrogens with zero attached hydrogens (tertiary/aromatic N) is 1. The van der Waals surface area contributed by atoms with Crippen LogP contribution in [-0.4, -0.2) is 23.0 Å². The Morgan fingerprint density at radius 2 is 2.06 bits per heavy atom. The first-order valence-electron chi connectivity index (χ1n) is 5.34. The standard InChI is InChI=1S/C13H12N2O2S/c1-14-13(17)11-8-15-12(18-11)7-4-9-2-5-10(16)6-3-9/h2-8,16H,1H3,(H,14,17). The molecule has 1 aromatic carbocycles. The van der Waals surface area contributed by atoms with Gasteiger partial charge in [-0.15, -0.1) is 11.3 Å². The van der Waals surface area contributed by atoms with Gasteiger partial charge in [0.1, 0.15) is 15.6 Å². The number of carbonyl (C=O) groups excluding carboxylic acids is 1. The number of phenolic OH excluding ortho intramolecular Hbond substituents is 1. The third-order valence-corrected chi connectivity index (χ3v) is 3.25. The lowest BCUT2D eigenvalue weighted by Crippen LogP contribution is -2.16. The third kappa shape index (κ3) is 2.95. The van der Waals surface area contributed by atoms with Gasteiger partial charge in [-0.25, -0.2) is 4.98 Å². The highest BCUT2D eigenvalue weighted by atomic mass is 32.1. The van der Waals surface area contributed by atoms with E-state index in [9.17, 15) is 4.79 Å². The molecule has 0 spiro atoms. The fraction of sp³-hybridized carbons (Fsp3) is 0.0769. The first-order chi connectivity index (χ1) is 8.69. The molecule has 2 rings (SSSR count). The Hall–Kier alpha value is -2.14. The van der Waals surface area contributed by atoms with Crippen molar-refractivity contribution in [3.8, 4) is 5.75 Å². The normalized spacial score (nSPS) is 10.7. The van der Waals surface area contributed by atoms with Crippen molar-refractivity contribution in [2.75, 3.05) is 7.05 Å². The van der Waals surface area contributed by atoms with Gasteiger partial charge in [0.25, 0.3) is 5.91 Å². The predicted molar refractivity (Wildman–Crippen MR) is 72.5 cm³/mol. The fourth-order valence-corrected chi connectivity index (χ4v) is 2.11. The first-order valence-corrected chi connectivity index (χ1v) is 6.16. The van der Waals surface area contributed by atoms with Crippen LogP contribution in [0.1, 0.15) is 20.2 Å². The fourth-order valence-electron chi connectivity index (χ4n) is 1.35. The van der Waals surface area contributed by atoms with Crippen molar-refractivity contribution >= 4 is 29.4 Å². The molecule has 1 amide bonds. The summed E-state index contributed by atoms with van der Waals surface area (Å²) in [5.74, 6) is 0.111. The predicted octanol–water partition coefficient (Wildman–Crippen LogP) is 2.38. The van der Waals surface area contributed by atoms with Gasteiger partial charge in [-0.2, -0.15) is 0 Å². The minimum absolute atomic E-state index is 0.128. The second-order valence-electron chi connectivity index (χ2n) is 3.57. The monoisotopic (exact) mass is 260 g/mol. The van der Waals surface area contributed by atoms with E-state index in [-0.39, 0.29) is 11.7 Å². The average molecular weight is 260 g/mol. The van der Waals surface area contributed by atoms with Gasteiger partial charge in [0.2, 0.25) is 0 Å². The maximum Gasteiger partial charge on any atom is 0.262 e. The number of thiazole rings is 1. The molecular formula is C13H12N2O2S. The van der Waals surface area contributed by atoms with Crippen LogP contribution in [0.3, 0.4) is 0 Å². The van der Waals surface area contributed by atoms with Crippen LogP contribution in [-0.2, 0) is 0 Å². The van der Waals surface area contributed by atoms with Gasteiger partial charge in [-0.05, 0) is 23.8 Å². The zero-order valence-electron chi connectivity index (χ0n) is 9.75. The molecule has 0 radical (unpaired) electrons. The Bertz CT molecular complexity index is 573. The molecule has 0 aliphatic carbocycles. The van der Waals surface area contributed by atoms with Crippen molar-refractivity contribution in [2.24, 2.45) is 0 Å². The van der Waals surface area contributed by atoms with E-state index in [0.29, 0.717) is 4.88 Å². The Morgan fingerprint density at radius 3 is 2.72 bits per heavy atom. The summed E-state index contributed by atoms with van der Waals surface area (Å²) >= 11 is 1.33. The number of aromatic hydroxyl groups is 1. The number of rotatable bonds is 3. The van der Waals surface area contributed by atoms with Crippen LogP contribution in [0.15, 0.2) is 30.5 Å². The number of hydrogen-bond acceptors (Lipinski definition) is 4. The van der Waals surface area contributed by atoms with Gasteiger partial charge in [-0.3, -0.25) is 4.79 Å². The lowest BCUT2D eigenvalue weighted by molar-refractivity contribution is 0.0967. The van der Waals surface area contributed by atoms with E-state index in [1.165, 1.54) is 11.3 Å². The summed E-state index contributed by atoms with van der Waals surface area (Å²) in [4.78, 5) is 16.1. The van der Waals surface area contributed by atoms with Gasteiger partial charge < -0.3 is 10.4 Å². The molecule has 2 aromatic rings. The molecule has 0 unspecified atom stereocenters. The summed E-state index contributed by atoms with van der Waals surface area (Å²) in [6, 6.07) is 6.85. The zero-order chi connectivity index (χ0) is 13.0. The lowest BCUT2D eigenvalue weighted by Gasteiger charge is -1.93. The lowest BCUT2D eigenvalue weighted by atomic mass is 10.2. The van der Waals surface area contributed by atoms with Crippen molar-refractivity contribution < 1.29 is 9.90 Å². The smallest absolute Gasteiger partial charge is 0.262 e. The third-order valence-electron chi connectivity index (χ3n) is 2.29. The van der Waals surface area contributed by atoms with E-state index in [0.717, 1.165) is 10.6 Å². The van der Waals surface area contributed by atoms with Crippen LogP contribution in [0.2, 0.25) is 0 Å². The number of carbonyl (C=O) groups is 1. The molecule has 0 bridgehead atoms. The molecule has 0 saturated carbocycles. The molecule has 0 aliphatic heterocycles. The number of phenols is 1. The van der Waals surface area contributed by atoms with Gasteiger partial charge in [0.05, 0.1) is 6.20 Å². The summed E-state index contributed by atoms with van der Waals surface area (Å²) in [6.07, 6.45) is 5.27. The highest BCUT2D eigenvalue weighted by Gasteiger charge is 2.06. The molecule has 0 saturated heterocycles. The Morgan fingerprint density at radius 1 is 1.33 bits per heavy atom. The molecule has 0 aliphatic rings. The summed E-state index contributed by atoms with van der Waals surface area (Å²) < 4.78 is 0. The Kier molecular flexibility index (Phi) is 3.74. The molecule has 1 heterocycles. The van der Waals surface area contributed by atoms with Crippen molar-refractivity contribution in [2.45, 2.75) is 0 Å². The highest BCUT2D eigenvalue weighted by Crippen LogP contribution is 2.17. The SMILES string of the molecule is CNC(=O)c1cnc(C=Cc2ccc(O)cc2)s1. The molecule has 0 atom stereocenters. The van der Waals surface area contributed by atoms with Crippen LogP contribution in [0.5, 0.6) is 5.75 Å². The maximum absolute atomic E-state index is 11.3. The van der Waals surface area contributed by atoms with Gasteiger partial charge in [0.15, 0.2) is 0 Å². The summed E-state index contributed by atoms with van der Waals surface area (Å²) in [5, 5.41) is 12.5. The van der Waals surface area contributed by atoms with E-state index in [1.807, 2.05) is 12.2 Å². The van der Waals surface area contributed by atoms with Gasteiger partial charge >= 0.3 is 0 Å². The average Bonchev–Trinajstić information content (AvgIpc) is 2.86. The summed E-state index contributed by atoms with van der Waals surface area (Å²) in [7, 11) is 1.59. The molecular weight excluding hydrogens is 248 g/mol. The van der Waals surface area contributed by atoms with Crippen molar-refractivity contribution in [3.05, 3.63) is 45.9 Å². The minimum atomic E-state index is -0.128. The van der Waals surface area contributed by atoms with E-state index < -0.39 is 0 Å². The van der Waals surface area contributed by atoms with Crippen molar-refractivity contribution in [1.82, 2.24) is 10.3 Å². The molecule has 92 valence electrons. The number of hydrogen-bond donors (Lipinski definition) is 2. The summed E-state index contributed by atoms with van der Waals surface area (Å²) in [6.45, 7) is 0. The minimum Gasteiger partial charge on any atom is -0.508 e. The number of aromatic nitrogens is 1. The molecule has 5 heteroatoms. The number of benzene rings is 1. The first kappa shape index (κ1) is 12.3. The topological polar surface area (TPSA) is 62.2 Å². The molecule has 18 heavy (non-hydrogen) atoms. The maximum atomic E-state index is 11.3. The van der Waals surface area contributed by atoms with Gasteiger partial charge in [0, 0.05) is 7.05 Å².